The smallest absolute Gasteiger partial charge is 0.239 e. The summed E-state index contributed by atoms with van der Waals surface area (Å²) in [6.45, 7) is 5.32. The highest BCUT2D eigenvalue weighted by Crippen LogP contribution is 2.18. The molecule has 2 atom stereocenters. The Morgan fingerprint density at radius 2 is 1.96 bits per heavy atom. The molecule has 1 aromatic rings. The number of piperidine rings is 1. The van der Waals surface area contributed by atoms with Crippen LogP contribution in [0.3, 0.4) is 0 Å². The summed E-state index contributed by atoms with van der Waals surface area (Å²) < 4.78 is 0. The third-order valence-corrected chi connectivity index (χ3v) is 4.75. The van der Waals surface area contributed by atoms with Gasteiger partial charge < -0.3 is 20.6 Å². The molecule has 0 aliphatic carbocycles. The number of likely N-dealkylation sites (N-methyl/N-ethyl adjacent to an activating group) is 1. The average Bonchev–Trinajstić information content (AvgIpc) is 2.56. The number of β-amino-alcohol motifs (C(OH)–C–C–N with tert-alkyl or cyclic N) is 1. The summed E-state index contributed by atoms with van der Waals surface area (Å²) in [5.41, 5.74) is 7.20. The maximum atomic E-state index is 12.5. The summed E-state index contributed by atoms with van der Waals surface area (Å²) in [5, 5.41) is 9.46. The van der Waals surface area contributed by atoms with Crippen LogP contribution in [0, 0.1) is 5.92 Å². The normalized spacial score (nSPS) is 19.0. The number of benzene rings is 1. The van der Waals surface area contributed by atoms with Crippen LogP contribution < -0.4 is 5.73 Å². The topological polar surface area (TPSA) is 69.8 Å². The molecule has 0 bridgehead atoms. The summed E-state index contributed by atoms with van der Waals surface area (Å²) >= 11 is 0. The fourth-order valence-electron chi connectivity index (χ4n) is 3.44. The predicted octanol–water partition coefficient (Wildman–Crippen LogP) is 1.11. The van der Waals surface area contributed by atoms with Crippen molar-refractivity contribution in [2.24, 2.45) is 11.7 Å². The van der Waals surface area contributed by atoms with Crippen LogP contribution in [-0.4, -0.2) is 66.2 Å². The monoisotopic (exact) mass is 333 g/mol. The third-order valence-electron chi connectivity index (χ3n) is 4.75. The minimum Gasteiger partial charge on any atom is -0.392 e. The van der Waals surface area contributed by atoms with Crippen molar-refractivity contribution < 1.29 is 9.90 Å². The Hall–Kier alpha value is -1.43. The number of hydrogen-bond donors (Lipinski definition) is 2. The summed E-state index contributed by atoms with van der Waals surface area (Å²) in [7, 11) is 1.86. The second-order valence-electron chi connectivity index (χ2n) is 7.11. The van der Waals surface area contributed by atoms with Crippen molar-refractivity contribution in [2.75, 3.05) is 33.2 Å². The standard InChI is InChI=1S/C19H31N3O2/c1-15(23)13-22-10-8-17(9-11-22)14-21(2)19(24)18(20)12-16-6-4-3-5-7-16/h3-7,15,17-18,23H,8-14,20H2,1-2H3. The average molecular weight is 333 g/mol. The number of aliphatic hydroxyl groups is 1. The van der Waals surface area contributed by atoms with Gasteiger partial charge in [0.2, 0.25) is 5.91 Å². The maximum Gasteiger partial charge on any atom is 0.239 e. The number of aliphatic hydroxyl groups excluding tert-OH is 1. The third kappa shape index (κ3) is 5.89. The molecular weight excluding hydrogens is 302 g/mol. The van der Waals surface area contributed by atoms with E-state index in [2.05, 4.69) is 4.90 Å². The second-order valence-corrected chi connectivity index (χ2v) is 7.11. The molecule has 5 nitrogen and oxygen atoms in total. The molecule has 24 heavy (non-hydrogen) atoms. The van der Waals surface area contributed by atoms with E-state index in [-0.39, 0.29) is 12.0 Å². The highest BCUT2D eigenvalue weighted by atomic mass is 16.3. The van der Waals surface area contributed by atoms with Gasteiger partial charge in [0.05, 0.1) is 12.1 Å². The first kappa shape index (κ1) is 18.9. The van der Waals surface area contributed by atoms with Crippen molar-refractivity contribution in [3.8, 4) is 0 Å². The quantitative estimate of drug-likeness (QED) is 0.784. The first-order valence-corrected chi connectivity index (χ1v) is 8.90. The van der Waals surface area contributed by atoms with Crippen molar-refractivity contribution >= 4 is 5.91 Å². The zero-order chi connectivity index (χ0) is 17.5. The molecule has 3 N–H and O–H groups in total. The van der Waals surface area contributed by atoms with Gasteiger partial charge in [-0.25, -0.2) is 0 Å². The summed E-state index contributed by atoms with van der Waals surface area (Å²) in [6.07, 6.45) is 2.44. The molecule has 0 radical (unpaired) electrons. The fraction of sp³-hybridized carbons (Fsp3) is 0.632. The summed E-state index contributed by atoms with van der Waals surface area (Å²) in [4.78, 5) is 16.6. The van der Waals surface area contributed by atoms with Gasteiger partial charge in [0.1, 0.15) is 0 Å². The van der Waals surface area contributed by atoms with E-state index in [0.717, 1.165) is 44.6 Å². The molecule has 1 aliphatic rings. The number of carbonyl (C=O) groups excluding carboxylic acids is 1. The first-order valence-electron chi connectivity index (χ1n) is 8.90. The van der Waals surface area contributed by atoms with E-state index in [0.29, 0.717) is 12.3 Å². The van der Waals surface area contributed by atoms with Crippen molar-refractivity contribution in [2.45, 2.75) is 38.3 Å². The highest BCUT2D eigenvalue weighted by Gasteiger charge is 2.24. The SMILES string of the molecule is CC(O)CN1CCC(CN(C)C(=O)C(N)Cc2ccccc2)CC1. The Morgan fingerprint density at radius 1 is 1.33 bits per heavy atom. The van der Waals surface area contributed by atoms with Crippen molar-refractivity contribution in [3.63, 3.8) is 0 Å². The molecule has 1 saturated heterocycles. The molecule has 0 saturated carbocycles. The van der Waals surface area contributed by atoms with Gasteiger partial charge in [-0.05, 0) is 50.8 Å². The van der Waals surface area contributed by atoms with E-state index in [1.54, 1.807) is 4.90 Å². The molecule has 0 spiro atoms. The van der Waals surface area contributed by atoms with Gasteiger partial charge >= 0.3 is 0 Å². The molecule has 1 aromatic carbocycles. The molecule has 0 aromatic heterocycles. The highest BCUT2D eigenvalue weighted by molar-refractivity contribution is 5.81. The Kier molecular flexibility index (Phi) is 7.21. The number of rotatable bonds is 7. The van der Waals surface area contributed by atoms with Gasteiger partial charge in [-0.15, -0.1) is 0 Å². The molecule has 5 heteroatoms. The fourth-order valence-corrected chi connectivity index (χ4v) is 3.44. The number of amides is 1. The summed E-state index contributed by atoms with van der Waals surface area (Å²) in [6, 6.07) is 9.44. The number of likely N-dealkylation sites (tertiary alicyclic amines) is 1. The Morgan fingerprint density at radius 3 is 2.54 bits per heavy atom. The van der Waals surface area contributed by atoms with Crippen LogP contribution in [-0.2, 0) is 11.2 Å². The maximum absolute atomic E-state index is 12.5. The van der Waals surface area contributed by atoms with Crippen LogP contribution in [0.5, 0.6) is 0 Å². The van der Waals surface area contributed by atoms with E-state index < -0.39 is 6.04 Å². The lowest BCUT2D eigenvalue weighted by Gasteiger charge is -2.34. The van der Waals surface area contributed by atoms with Gasteiger partial charge in [0.25, 0.3) is 0 Å². The molecule has 2 rings (SSSR count). The molecular formula is C19H31N3O2. The molecule has 2 unspecified atom stereocenters. The largest absolute Gasteiger partial charge is 0.392 e. The van der Waals surface area contributed by atoms with Crippen molar-refractivity contribution in [1.29, 1.82) is 0 Å². The van der Waals surface area contributed by atoms with Crippen LogP contribution in [0.25, 0.3) is 0 Å². The number of hydrogen-bond acceptors (Lipinski definition) is 4. The van der Waals surface area contributed by atoms with E-state index in [1.165, 1.54) is 0 Å². The Balaban J connectivity index is 1.75. The molecule has 1 heterocycles. The number of nitrogens with two attached hydrogens (primary N) is 1. The van der Waals surface area contributed by atoms with Crippen LogP contribution >= 0.6 is 0 Å². The number of carbonyl (C=O) groups is 1. The van der Waals surface area contributed by atoms with Crippen molar-refractivity contribution in [1.82, 2.24) is 9.80 Å². The van der Waals surface area contributed by atoms with Gasteiger partial charge in [-0.3, -0.25) is 4.79 Å². The zero-order valence-corrected chi connectivity index (χ0v) is 14.9. The van der Waals surface area contributed by atoms with E-state index in [1.807, 2.05) is 44.3 Å². The van der Waals surface area contributed by atoms with Crippen molar-refractivity contribution in [3.05, 3.63) is 35.9 Å². The Labute approximate surface area is 145 Å². The van der Waals surface area contributed by atoms with Gasteiger partial charge in [0, 0.05) is 20.1 Å². The van der Waals surface area contributed by atoms with Crippen LogP contribution in [0.2, 0.25) is 0 Å². The van der Waals surface area contributed by atoms with E-state index in [9.17, 15) is 9.90 Å². The zero-order valence-electron chi connectivity index (χ0n) is 14.9. The Bertz CT molecular complexity index is 499. The molecule has 1 aliphatic heterocycles. The van der Waals surface area contributed by atoms with E-state index in [4.69, 9.17) is 5.73 Å². The van der Waals surface area contributed by atoms with Gasteiger partial charge in [-0.1, -0.05) is 30.3 Å². The lowest BCUT2D eigenvalue weighted by molar-refractivity contribution is -0.132. The summed E-state index contributed by atoms with van der Waals surface area (Å²) in [5.74, 6) is 0.540. The van der Waals surface area contributed by atoms with Gasteiger partial charge in [-0.2, -0.15) is 0 Å². The van der Waals surface area contributed by atoms with Gasteiger partial charge in [0.15, 0.2) is 0 Å². The van der Waals surface area contributed by atoms with Crippen LogP contribution in [0.15, 0.2) is 30.3 Å². The molecule has 1 amide bonds. The van der Waals surface area contributed by atoms with Crippen LogP contribution in [0.1, 0.15) is 25.3 Å². The first-order chi connectivity index (χ1) is 11.5. The lowest BCUT2D eigenvalue weighted by Crippen LogP contribution is -2.46. The molecule has 134 valence electrons. The second kappa shape index (κ2) is 9.16. The molecule has 1 fully saturated rings. The lowest BCUT2D eigenvalue weighted by atomic mass is 9.95. The number of nitrogens with zero attached hydrogens (tertiary/aromatic N) is 2. The minimum absolute atomic E-state index is 0.0188. The van der Waals surface area contributed by atoms with Crippen LogP contribution in [0.4, 0.5) is 0 Å². The predicted molar refractivity (Wildman–Crippen MR) is 96.6 cm³/mol. The van der Waals surface area contributed by atoms with E-state index >= 15 is 0 Å². The minimum atomic E-state index is -0.479.